The predicted molar refractivity (Wildman–Crippen MR) is 198 cm³/mol. The number of hydrogen-bond donors (Lipinski definition) is 2. The quantitative estimate of drug-likeness (QED) is 0.227. The molecule has 2 saturated heterocycles. The van der Waals surface area contributed by atoms with E-state index < -0.39 is 35.4 Å². The van der Waals surface area contributed by atoms with E-state index in [0.29, 0.717) is 29.7 Å². The summed E-state index contributed by atoms with van der Waals surface area (Å²) < 4.78 is 44.4. The minimum absolute atomic E-state index is 0.196. The molecule has 3 aliphatic rings. The van der Waals surface area contributed by atoms with Crippen LogP contribution in [0, 0.1) is 12.8 Å². The molecule has 2 N–H and O–H groups in total. The molecule has 5 aromatic rings. The van der Waals surface area contributed by atoms with Crippen molar-refractivity contribution in [1.82, 2.24) is 39.1 Å². The number of anilines is 2. The summed E-state index contributed by atoms with van der Waals surface area (Å²) in [5, 5.41) is 10.7. The van der Waals surface area contributed by atoms with Crippen LogP contribution in [0.1, 0.15) is 72.4 Å². The molecule has 1 saturated carbocycles. The highest BCUT2D eigenvalue weighted by Crippen LogP contribution is 2.35. The van der Waals surface area contributed by atoms with Gasteiger partial charge in [-0.05, 0) is 74.8 Å². The molecule has 8 rings (SSSR count). The van der Waals surface area contributed by atoms with Crippen LogP contribution in [0.2, 0.25) is 0 Å². The number of alkyl halides is 3. The molecule has 1 unspecified atom stereocenters. The molecule has 14 nitrogen and oxygen atoms in total. The van der Waals surface area contributed by atoms with Crippen molar-refractivity contribution < 1.29 is 27.6 Å². The van der Waals surface area contributed by atoms with E-state index in [1.165, 1.54) is 4.57 Å². The molecule has 3 fully saturated rings. The van der Waals surface area contributed by atoms with Gasteiger partial charge in [-0.1, -0.05) is 6.07 Å². The van der Waals surface area contributed by atoms with Crippen LogP contribution in [0.15, 0.2) is 53.7 Å². The van der Waals surface area contributed by atoms with Crippen LogP contribution in [-0.4, -0.2) is 84.2 Å². The van der Waals surface area contributed by atoms with Crippen molar-refractivity contribution in [3.05, 3.63) is 76.4 Å². The number of nitrogens with one attached hydrogen (secondary N) is 2. The molecular formula is C38H41F3N10O4. The number of hydrogen-bond acceptors (Lipinski definition) is 9. The Bertz CT molecular complexity index is 2370. The van der Waals surface area contributed by atoms with E-state index in [-0.39, 0.29) is 24.1 Å². The number of aromatic nitrogens is 6. The lowest BCUT2D eigenvalue weighted by molar-refractivity contribution is -0.141. The van der Waals surface area contributed by atoms with E-state index in [0.717, 1.165) is 92.3 Å². The normalized spacial score (nSPS) is 21.3. The molecule has 5 heterocycles. The molecule has 1 atom stereocenters. The van der Waals surface area contributed by atoms with Crippen LogP contribution in [0.4, 0.5) is 24.5 Å². The van der Waals surface area contributed by atoms with E-state index in [9.17, 15) is 32.3 Å². The zero-order valence-electron chi connectivity index (χ0n) is 30.5. The maximum atomic E-state index is 13.4. The van der Waals surface area contributed by atoms with Gasteiger partial charge in [0.25, 0.3) is 5.91 Å². The van der Waals surface area contributed by atoms with Crippen molar-refractivity contribution in [2.24, 2.45) is 13.0 Å². The summed E-state index contributed by atoms with van der Waals surface area (Å²) in [7, 11) is 1.73. The average Bonchev–Trinajstić information content (AvgIpc) is 3.69. The molecule has 2 aliphatic heterocycles. The number of amides is 3. The number of rotatable bonds is 7. The first-order valence-electron chi connectivity index (χ1n) is 18.5. The Balaban J connectivity index is 0.868. The van der Waals surface area contributed by atoms with Gasteiger partial charge in [0.1, 0.15) is 11.7 Å². The maximum absolute atomic E-state index is 13.4. The first-order chi connectivity index (χ1) is 26.3. The molecule has 2 aromatic carbocycles. The highest BCUT2D eigenvalue weighted by molar-refractivity contribution is 6.04. The molecule has 3 amide bonds. The number of imidazole rings is 1. The van der Waals surface area contributed by atoms with Gasteiger partial charge in [0, 0.05) is 63.5 Å². The van der Waals surface area contributed by atoms with Crippen LogP contribution in [0.25, 0.3) is 21.9 Å². The summed E-state index contributed by atoms with van der Waals surface area (Å²) in [6.45, 7) is 6.21. The van der Waals surface area contributed by atoms with Gasteiger partial charge in [-0.15, -0.1) is 0 Å². The standard InChI is InChI=1S/C38H41F3N10O4/c1-22-16-27-24(17-26(22)44-35(53)28-18-42-19-32(43-28)38(39,40)41)21-50(46-27)25-8-6-23(7-9-25)20-48-12-14-49(15-13-48)29-4-3-5-30-34(29)47(2)37(55)51(30)31-10-11-33(52)45-36(31)54/h3-5,16-19,21,23,25,31H,6-15,20H2,1-2H3,(H,44,53)(H,45,52,54)/t23-,25-,31?. The number of piperazine rings is 1. The number of halogens is 3. The second kappa shape index (κ2) is 14.2. The second-order valence-electron chi connectivity index (χ2n) is 14.9. The SMILES string of the molecule is Cc1cc2nn([C@H]3CC[C@H](CN4CCN(c5cccc6c5n(C)c(=O)n6C5CCC(=O)NC5=O)CC4)CC3)cc2cc1NC(=O)c1cncc(C(F)(F)F)n1. The molecule has 288 valence electrons. The number of benzene rings is 2. The van der Waals surface area contributed by atoms with Crippen LogP contribution in [0.5, 0.6) is 0 Å². The number of carbonyl (C=O) groups is 3. The van der Waals surface area contributed by atoms with Crippen molar-refractivity contribution in [3.63, 3.8) is 0 Å². The fourth-order valence-electron chi connectivity index (χ4n) is 8.35. The fraction of sp³-hybridized carbons (Fsp3) is 0.447. The van der Waals surface area contributed by atoms with Crippen molar-refractivity contribution in [1.29, 1.82) is 0 Å². The van der Waals surface area contributed by atoms with E-state index >= 15 is 0 Å². The highest BCUT2D eigenvalue weighted by atomic mass is 19.4. The summed E-state index contributed by atoms with van der Waals surface area (Å²) in [6, 6.07) is 8.97. The van der Waals surface area contributed by atoms with Gasteiger partial charge >= 0.3 is 11.9 Å². The molecule has 0 radical (unpaired) electrons. The van der Waals surface area contributed by atoms with Crippen molar-refractivity contribution >= 4 is 51.0 Å². The number of imide groups is 1. The smallest absolute Gasteiger partial charge is 0.367 e. The van der Waals surface area contributed by atoms with Gasteiger partial charge in [0.05, 0.1) is 40.7 Å². The van der Waals surface area contributed by atoms with E-state index in [1.807, 2.05) is 35.1 Å². The number of carbonyl (C=O) groups excluding carboxylic acids is 3. The van der Waals surface area contributed by atoms with Crippen molar-refractivity contribution in [2.75, 3.05) is 42.9 Å². The Labute approximate surface area is 313 Å². The number of aryl methyl sites for hydroxylation is 2. The fourth-order valence-corrected chi connectivity index (χ4v) is 8.35. The summed E-state index contributed by atoms with van der Waals surface area (Å²) in [5.74, 6) is -0.980. The Morgan fingerprint density at radius 2 is 1.76 bits per heavy atom. The van der Waals surface area contributed by atoms with Gasteiger partial charge in [-0.25, -0.2) is 9.78 Å². The minimum Gasteiger partial charge on any atom is -0.367 e. The molecule has 0 spiro atoms. The lowest BCUT2D eigenvalue weighted by atomic mass is 9.85. The van der Waals surface area contributed by atoms with Crippen LogP contribution in [-0.2, 0) is 22.8 Å². The number of para-hydroxylation sites is 1. The zero-order valence-corrected chi connectivity index (χ0v) is 30.5. The minimum atomic E-state index is -4.71. The predicted octanol–water partition coefficient (Wildman–Crippen LogP) is 4.59. The molecule has 3 aromatic heterocycles. The van der Waals surface area contributed by atoms with E-state index in [2.05, 4.69) is 30.4 Å². The van der Waals surface area contributed by atoms with Gasteiger partial charge in [-0.2, -0.15) is 18.3 Å². The summed E-state index contributed by atoms with van der Waals surface area (Å²) >= 11 is 0. The Morgan fingerprint density at radius 1 is 1.00 bits per heavy atom. The second-order valence-corrected chi connectivity index (χ2v) is 14.9. The molecular weight excluding hydrogens is 717 g/mol. The first kappa shape index (κ1) is 36.4. The molecule has 1 aliphatic carbocycles. The topological polar surface area (TPSA) is 152 Å². The van der Waals surface area contributed by atoms with E-state index in [1.54, 1.807) is 24.6 Å². The van der Waals surface area contributed by atoms with Crippen LogP contribution < -0.4 is 21.2 Å². The average molecular weight is 759 g/mol. The third-order valence-electron chi connectivity index (χ3n) is 11.3. The van der Waals surface area contributed by atoms with Crippen LogP contribution in [0.3, 0.4) is 0 Å². The number of fused-ring (bicyclic) bond motifs is 2. The van der Waals surface area contributed by atoms with Gasteiger partial charge in [-0.3, -0.25) is 43.4 Å². The van der Waals surface area contributed by atoms with E-state index in [4.69, 9.17) is 5.10 Å². The molecule has 17 heteroatoms. The summed E-state index contributed by atoms with van der Waals surface area (Å²) in [5.41, 5.74) is 2.48. The zero-order chi connectivity index (χ0) is 38.6. The molecule has 55 heavy (non-hydrogen) atoms. The van der Waals surface area contributed by atoms with Gasteiger partial charge in [0.15, 0.2) is 5.69 Å². The molecule has 0 bridgehead atoms. The van der Waals surface area contributed by atoms with Crippen molar-refractivity contribution in [2.45, 2.75) is 63.7 Å². The largest absolute Gasteiger partial charge is 0.434 e. The van der Waals surface area contributed by atoms with Gasteiger partial charge < -0.3 is 10.2 Å². The summed E-state index contributed by atoms with van der Waals surface area (Å²) in [6.07, 6.45) is 3.43. The summed E-state index contributed by atoms with van der Waals surface area (Å²) in [4.78, 5) is 62.4. The first-order valence-corrected chi connectivity index (χ1v) is 18.5. The Kier molecular flexibility index (Phi) is 9.43. The van der Waals surface area contributed by atoms with Gasteiger partial charge in [0.2, 0.25) is 11.8 Å². The third-order valence-corrected chi connectivity index (χ3v) is 11.3. The lowest BCUT2D eigenvalue weighted by Crippen LogP contribution is -2.48. The monoisotopic (exact) mass is 758 g/mol. The third kappa shape index (κ3) is 7.08. The van der Waals surface area contributed by atoms with Crippen molar-refractivity contribution in [3.8, 4) is 0 Å². The van der Waals surface area contributed by atoms with Crippen LogP contribution >= 0.6 is 0 Å². The lowest BCUT2D eigenvalue weighted by Gasteiger charge is -2.39. The Morgan fingerprint density at radius 3 is 2.49 bits per heavy atom. The maximum Gasteiger partial charge on any atom is 0.434 e. The Hall–Kier alpha value is -5.58. The number of nitrogens with zero attached hydrogens (tertiary/aromatic N) is 8. The highest BCUT2D eigenvalue weighted by Gasteiger charge is 2.35. The number of piperidine rings is 1.